The van der Waals surface area contributed by atoms with Crippen molar-refractivity contribution < 1.29 is 13.9 Å². The fraction of sp³-hybridized carbons (Fsp3) is 0.0435. The average Bonchev–Trinajstić information content (AvgIpc) is 3.44. The molecule has 0 spiro atoms. The number of halogens is 1. The highest BCUT2D eigenvalue weighted by Crippen LogP contribution is 2.35. The quantitative estimate of drug-likeness (QED) is 0.346. The van der Waals surface area contributed by atoms with Gasteiger partial charge in [0.05, 0.1) is 0 Å². The van der Waals surface area contributed by atoms with Crippen LogP contribution in [-0.4, -0.2) is 21.1 Å². The number of benzene rings is 2. The first-order valence-corrected chi connectivity index (χ1v) is 11.3. The van der Waals surface area contributed by atoms with Gasteiger partial charge in [-0.15, -0.1) is 21.5 Å². The lowest BCUT2D eigenvalue weighted by Gasteiger charge is -2.08. The van der Waals surface area contributed by atoms with Crippen LogP contribution in [0, 0.1) is 5.82 Å². The van der Waals surface area contributed by atoms with Gasteiger partial charge in [-0.1, -0.05) is 41.7 Å². The van der Waals surface area contributed by atoms with Gasteiger partial charge in [0, 0.05) is 21.8 Å². The highest BCUT2D eigenvalue weighted by molar-refractivity contribution is 7.21. The molecule has 0 unspecified atom stereocenters. The van der Waals surface area contributed by atoms with E-state index in [1.165, 1.54) is 28.7 Å². The Morgan fingerprint density at radius 3 is 2.62 bits per heavy atom. The molecule has 2 aromatic carbocycles. The van der Waals surface area contributed by atoms with Crippen molar-refractivity contribution >= 4 is 43.8 Å². The first kappa shape index (κ1) is 20.2. The molecule has 0 saturated carbocycles. The standard InChI is InChI=1S/C23H15FN4O2S2/c24-16-9-6-11-18-19(16)15(13-30-14-7-2-1-3-8-14)20(31-18)21(29)26-23-28-27-22(32-23)17-10-4-5-12-25-17/h1-12H,13H2,(H,26,28,29). The Balaban J connectivity index is 1.44. The molecular formula is C23H15FN4O2S2. The molecule has 0 atom stereocenters. The number of pyridine rings is 1. The van der Waals surface area contributed by atoms with Crippen LogP contribution in [0.1, 0.15) is 15.2 Å². The van der Waals surface area contributed by atoms with Crippen LogP contribution in [0.4, 0.5) is 9.52 Å². The zero-order chi connectivity index (χ0) is 21.9. The van der Waals surface area contributed by atoms with E-state index < -0.39 is 5.82 Å². The highest BCUT2D eigenvalue weighted by Gasteiger charge is 2.22. The molecule has 0 aliphatic heterocycles. The molecule has 6 nitrogen and oxygen atoms in total. The van der Waals surface area contributed by atoms with E-state index >= 15 is 0 Å². The van der Waals surface area contributed by atoms with Gasteiger partial charge in [0.15, 0.2) is 5.01 Å². The van der Waals surface area contributed by atoms with E-state index in [0.29, 0.717) is 42.1 Å². The molecule has 0 aliphatic carbocycles. The van der Waals surface area contributed by atoms with Gasteiger partial charge >= 0.3 is 0 Å². The van der Waals surface area contributed by atoms with Crippen molar-refractivity contribution in [1.82, 2.24) is 15.2 Å². The SMILES string of the molecule is O=C(Nc1nnc(-c2ccccn2)s1)c1sc2cccc(F)c2c1COc1ccccc1. The minimum absolute atomic E-state index is 0.0585. The molecule has 5 rings (SSSR count). The molecule has 0 aliphatic rings. The number of nitrogens with zero attached hydrogens (tertiary/aromatic N) is 3. The van der Waals surface area contributed by atoms with Crippen LogP contribution in [0.5, 0.6) is 5.75 Å². The number of anilines is 1. The molecule has 9 heteroatoms. The molecule has 5 aromatic rings. The molecule has 3 heterocycles. The Morgan fingerprint density at radius 2 is 1.81 bits per heavy atom. The zero-order valence-corrected chi connectivity index (χ0v) is 18.1. The van der Waals surface area contributed by atoms with Gasteiger partial charge < -0.3 is 4.74 Å². The van der Waals surface area contributed by atoms with Crippen LogP contribution in [0.3, 0.4) is 0 Å². The molecule has 3 aromatic heterocycles. The summed E-state index contributed by atoms with van der Waals surface area (Å²) in [5.41, 5.74) is 1.17. The van der Waals surface area contributed by atoms with Crippen LogP contribution in [0.2, 0.25) is 0 Å². The molecule has 1 amide bonds. The van der Waals surface area contributed by atoms with Crippen LogP contribution in [0.15, 0.2) is 72.9 Å². The van der Waals surface area contributed by atoms with Crippen molar-refractivity contribution in [3.8, 4) is 16.5 Å². The third-order valence-electron chi connectivity index (χ3n) is 4.63. The van der Waals surface area contributed by atoms with E-state index in [1.54, 1.807) is 18.3 Å². The van der Waals surface area contributed by atoms with Gasteiger partial charge in [-0.25, -0.2) is 4.39 Å². The number of carbonyl (C=O) groups excluding carboxylic acids is 1. The number of hydrogen-bond donors (Lipinski definition) is 1. The molecule has 0 radical (unpaired) electrons. The number of fused-ring (bicyclic) bond motifs is 1. The Bertz CT molecular complexity index is 1390. The van der Waals surface area contributed by atoms with E-state index in [2.05, 4.69) is 20.5 Å². The van der Waals surface area contributed by atoms with E-state index in [0.717, 1.165) is 0 Å². The summed E-state index contributed by atoms with van der Waals surface area (Å²) in [5, 5.41) is 12.2. The average molecular weight is 463 g/mol. The van der Waals surface area contributed by atoms with E-state index in [4.69, 9.17) is 4.74 Å². The third-order valence-corrected chi connectivity index (χ3v) is 6.68. The second-order valence-corrected chi connectivity index (χ2v) is 8.74. The van der Waals surface area contributed by atoms with Gasteiger partial charge in [0.25, 0.3) is 5.91 Å². The lowest BCUT2D eigenvalue weighted by Crippen LogP contribution is -2.13. The number of ether oxygens (including phenoxy) is 1. The Labute approximate surface area is 190 Å². The van der Waals surface area contributed by atoms with Gasteiger partial charge in [-0.05, 0) is 36.4 Å². The maximum atomic E-state index is 14.7. The first-order valence-electron chi connectivity index (χ1n) is 9.63. The van der Waals surface area contributed by atoms with Crippen LogP contribution >= 0.6 is 22.7 Å². The number of aromatic nitrogens is 3. The molecule has 0 bridgehead atoms. The zero-order valence-electron chi connectivity index (χ0n) is 16.5. The van der Waals surface area contributed by atoms with Crippen molar-refractivity contribution in [1.29, 1.82) is 0 Å². The number of rotatable bonds is 6. The van der Waals surface area contributed by atoms with Crippen molar-refractivity contribution in [3.05, 3.63) is 89.2 Å². The van der Waals surface area contributed by atoms with Gasteiger partial charge in [-0.3, -0.25) is 15.1 Å². The second kappa shape index (κ2) is 8.81. The Morgan fingerprint density at radius 1 is 0.969 bits per heavy atom. The smallest absolute Gasteiger partial charge is 0.268 e. The molecule has 158 valence electrons. The molecule has 0 fully saturated rings. The topological polar surface area (TPSA) is 77.0 Å². The van der Waals surface area contributed by atoms with Crippen LogP contribution in [0.25, 0.3) is 20.8 Å². The summed E-state index contributed by atoms with van der Waals surface area (Å²) >= 11 is 2.43. The fourth-order valence-electron chi connectivity index (χ4n) is 3.18. The van der Waals surface area contributed by atoms with E-state index in [-0.39, 0.29) is 12.5 Å². The summed E-state index contributed by atoms with van der Waals surface area (Å²) in [4.78, 5) is 17.7. The predicted octanol–water partition coefficient (Wildman–Crippen LogP) is 5.79. The summed E-state index contributed by atoms with van der Waals surface area (Å²) in [7, 11) is 0. The number of amides is 1. The Kier molecular flexibility index (Phi) is 5.57. The fourth-order valence-corrected chi connectivity index (χ4v) is 5.01. The third kappa shape index (κ3) is 4.08. The number of carbonyl (C=O) groups is 1. The summed E-state index contributed by atoms with van der Waals surface area (Å²) in [5.74, 6) is -0.141. The van der Waals surface area contributed by atoms with Gasteiger partial charge in [0.2, 0.25) is 5.13 Å². The maximum absolute atomic E-state index is 14.7. The number of hydrogen-bond acceptors (Lipinski definition) is 7. The summed E-state index contributed by atoms with van der Waals surface area (Å²) in [6, 6.07) is 19.5. The molecule has 0 saturated heterocycles. The predicted molar refractivity (Wildman–Crippen MR) is 124 cm³/mol. The number of nitrogens with one attached hydrogen (secondary N) is 1. The van der Waals surface area contributed by atoms with Crippen LogP contribution in [-0.2, 0) is 6.61 Å². The number of thiophene rings is 1. The van der Waals surface area contributed by atoms with Crippen molar-refractivity contribution in [3.63, 3.8) is 0 Å². The normalized spacial score (nSPS) is 10.9. The van der Waals surface area contributed by atoms with E-state index in [1.807, 2.05) is 48.5 Å². The first-order chi connectivity index (χ1) is 15.7. The lowest BCUT2D eigenvalue weighted by molar-refractivity contribution is 0.102. The summed E-state index contributed by atoms with van der Waals surface area (Å²) in [6.07, 6.45) is 1.67. The lowest BCUT2D eigenvalue weighted by atomic mass is 10.1. The monoisotopic (exact) mass is 462 g/mol. The van der Waals surface area contributed by atoms with Crippen molar-refractivity contribution in [2.75, 3.05) is 5.32 Å². The molecule has 1 N–H and O–H groups in total. The van der Waals surface area contributed by atoms with E-state index in [9.17, 15) is 9.18 Å². The minimum atomic E-state index is -0.391. The minimum Gasteiger partial charge on any atom is -0.489 e. The molecule has 32 heavy (non-hydrogen) atoms. The summed E-state index contributed by atoms with van der Waals surface area (Å²) < 4.78 is 21.2. The summed E-state index contributed by atoms with van der Waals surface area (Å²) in [6.45, 7) is 0.0585. The van der Waals surface area contributed by atoms with Crippen molar-refractivity contribution in [2.24, 2.45) is 0 Å². The van der Waals surface area contributed by atoms with Gasteiger partial charge in [0.1, 0.15) is 28.7 Å². The Hall–Kier alpha value is -3.69. The largest absolute Gasteiger partial charge is 0.489 e. The van der Waals surface area contributed by atoms with Crippen molar-refractivity contribution in [2.45, 2.75) is 6.61 Å². The van der Waals surface area contributed by atoms with Crippen LogP contribution < -0.4 is 10.1 Å². The number of para-hydroxylation sites is 1. The van der Waals surface area contributed by atoms with Gasteiger partial charge in [-0.2, -0.15) is 0 Å². The maximum Gasteiger partial charge on any atom is 0.268 e. The molecular weight excluding hydrogens is 447 g/mol. The second-order valence-electron chi connectivity index (χ2n) is 6.71. The highest BCUT2D eigenvalue weighted by atomic mass is 32.1.